The molecule has 1 aromatic rings. The summed E-state index contributed by atoms with van der Waals surface area (Å²) >= 11 is 5.20. The highest BCUT2D eigenvalue weighted by atomic mass is 35.5. The van der Waals surface area contributed by atoms with E-state index >= 15 is 0 Å². The van der Waals surface area contributed by atoms with Crippen LogP contribution >= 0.6 is 11.6 Å². The van der Waals surface area contributed by atoms with E-state index in [9.17, 15) is 26.7 Å². The predicted molar refractivity (Wildman–Crippen MR) is 46.6 cm³/mol. The second kappa shape index (κ2) is 4.40. The van der Waals surface area contributed by atoms with Crippen molar-refractivity contribution in [2.45, 2.75) is 18.5 Å². The summed E-state index contributed by atoms with van der Waals surface area (Å²) in [5.74, 6) is -0.620. The van der Waals surface area contributed by atoms with Gasteiger partial charge in [0.15, 0.2) is 0 Å². The number of hydrogen-bond acceptors (Lipinski definition) is 1. The van der Waals surface area contributed by atoms with Gasteiger partial charge in [0.05, 0.1) is 11.1 Å². The monoisotopic (exact) mass is 261 g/mol. The molecule has 8 heteroatoms. The zero-order chi connectivity index (χ0) is 12.5. The average Bonchev–Trinajstić information content (AvgIpc) is 2.15. The number of aromatic amines is 1. The highest BCUT2D eigenvalue weighted by molar-refractivity contribution is 6.17. The Morgan fingerprint density at radius 1 is 1.38 bits per heavy atom. The van der Waals surface area contributed by atoms with Crippen LogP contribution in [0.1, 0.15) is 23.1 Å². The first-order chi connectivity index (χ1) is 7.29. The Balaban J connectivity index is 3.63. The molecule has 0 aliphatic carbocycles. The first-order valence-electron chi connectivity index (χ1n) is 3.94. The molecule has 0 saturated heterocycles. The quantitative estimate of drug-likeness (QED) is 0.644. The maximum absolute atomic E-state index is 12.5. The van der Waals surface area contributed by atoms with Crippen LogP contribution in [0.2, 0.25) is 0 Å². The fourth-order valence-corrected chi connectivity index (χ4v) is 1.45. The molecule has 0 unspecified atom stereocenters. The van der Waals surface area contributed by atoms with Gasteiger partial charge in [0, 0.05) is 12.1 Å². The Morgan fingerprint density at radius 3 is 2.31 bits per heavy atom. The standard InChI is InChI=1S/C8H5ClF5NO/c9-1-3-2-15-7(16)4(6(10)11)5(3)8(12,13)14/h2,6H,1H2,(H,15,16). The van der Waals surface area contributed by atoms with Crippen molar-refractivity contribution in [2.24, 2.45) is 0 Å². The minimum atomic E-state index is -5.04. The summed E-state index contributed by atoms with van der Waals surface area (Å²) in [6.07, 6.45) is -7.86. The molecular weight excluding hydrogens is 257 g/mol. The molecule has 2 nitrogen and oxygen atoms in total. The number of pyridine rings is 1. The Hall–Kier alpha value is -1.11. The summed E-state index contributed by atoms with van der Waals surface area (Å²) in [4.78, 5) is 12.7. The van der Waals surface area contributed by atoms with Crippen molar-refractivity contribution >= 4 is 11.6 Å². The van der Waals surface area contributed by atoms with Crippen molar-refractivity contribution in [3.63, 3.8) is 0 Å². The van der Waals surface area contributed by atoms with Gasteiger partial charge in [-0.3, -0.25) is 4.79 Å². The average molecular weight is 262 g/mol. The minimum Gasteiger partial charge on any atom is -0.328 e. The third-order valence-corrected chi connectivity index (χ3v) is 2.15. The molecule has 1 aromatic heterocycles. The van der Waals surface area contributed by atoms with Gasteiger partial charge in [-0.25, -0.2) is 8.78 Å². The zero-order valence-electron chi connectivity index (χ0n) is 7.54. The normalized spacial score (nSPS) is 12.2. The minimum absolute atomic E-state index is 0.580. The second-order valence-corrected chi connectivity index (χ2v) is 3.13. The molecule has 1 rings (SSSR count). The van der Waals surface area contributed by atoms with Crippen LogP contribution in [0.5, 0.6) is 0 Å². The van der Waals surface area contributed by atoms with Gasteiger partial charge >= 0.3 is 6.18 Å². The van der Waals surface area contributed by atoms with Crippen LogP contribution < -0.4 is 5.56 Å². The molecule has 0 bridgehead atoms. The van der Waals surface area contributed by atoms with E-state index in [4.69, 9.17) is 11.6 Å². The van der Waals surface area contributed by atoms with Crippen LogP contribution in [0, 0.1) is 0 Å². The summed E-state index contributed by atoms with van der Waals surface area (Å²) < 4.78 is 62.2. The number of H-pyrrole nitrogens is 1. The van der Waals surface area contributed by atoms with Crippen LogP contribution in [0.25, 0.3) is 0 Å². The molecule has 0 amide bonds. The van der Waals surface area contributed by atoms with Crippen LogP contribution in [0.3, 0.4) is 0 Å². The first kappa shape index (κ1) is 13.0. The Labute approximate surface area is 91.0 Å². The number of alkyl halides is 6. The highest BCUT2D eigenvalue weighted by Crippen LogP contribution is 2.37. The molecule has 16 heavy (non-hydrogen) atoms. The van der Waals surface area contributed by atoms with E-state index in [1.165, 1.54) is 0 Å². The third kappa shape index (κ3) is 2.34. The van der Waals surface area contributed by atoms with Gasteiger partial charge in [-0.05, 0) is 5.56 Å². The molecule has 1 heterocycles. The van der Waals surface area contributed by atoms with Gasteiger partial charge in [-0.2, -0.15) is 13.2 Å². The van der Waals surface area contributed by atoms with Crippen molar-refractivity contribution in [1.82, 2.24) is 4.98 Å². The SMILES string of the molecule is O=c1[nH]cc(CCl)c(C(F)(F)F)c1C(F)F. The van der Waals surface area contributed by atoms with Crippen LogP contribution in [0.4, 0.5) is 22.0 Å². The van der Waals surface area contributed by atoms with E-state index in [0.29, 0.717) is 6.20 Å². The maximum atomic E-state index is 12.5. The molecule has 90 valence electrons. The van der Waals surface area contributed by atoms with E-state index in [1.807, 2.05) is 0 Å². The number of hydrogen-bond donors (Lipinski definition) is 1. The second-order valence-electron chi connectivity index (χ2n) is 2.86. The van der Waals surface area contributed by atoms with Crippen LogP contribution in [0.15, 0.2) is 11.0 Å². The number of aromatic nitrogens is 1. The van der Waals surface area contributed by atoms with Crippen molar-refractivity contribution < 1.29 is 22.0 Å². The maximum Gasteiger partial charge on any atom is 0.417 e. The molecule has 0 saturated carbocycles. The lowest BCUT2D eigenvalue weighted by molar-refractivity contribution is -0.140. The smallest absolute Gasteiger partial charge is 0.328 e. The lowest BCUT2D eigenvalue weighted by Gasteiger charge is -2.14. The molecule has 1 N–H and O–H groups in total. The number of rotatable bonds is 2. The summed E-state index contributed by atoms with van der Waals surface area (Å²) in [5, 5.41) is 0. The Kier molecular flexibility index (Phi) is 3.57. The first-order valence-corrected chi connectivity index (χ1v) is 4.48. The summed E-state index contributed by atoms with van der Waals surface area (Å²) in [6.45, 7) is 0. The highest BCUT2D eigenvalue weighted by Gasteiger charge is 2.39. The van der Waals surface area contributed by atoms with Gasteiger partial charge < -0.3 is 4.98 Å². The Morgan fingerprint density at radius 2 is 1.94 bits per heavy atom. The van der Waals surface area contributed by atoms with Gasteiger partial charge in [0.25, 0.3) is 12.0 Å². The molecule has 0 radical (unpaired) electrons. The van der Waals surface area contributed by atoms with Crippen LogP contribution in [-0.2, 0) is 12.1 Å². The summed E-state index contributed by atoms with van der Waals surface area (Å²) in [5.41, 5.74) is -5.29. The fourth-order valence-electron chi connectivity index (χ4n) is 1.24. The third-order valence-electron chi connectivity index (χ3n) is 1.86. The van der Waals surface area contributed by atoms with E-state index < -0.39 is 40.7 Å². The van der Waals surface area contributed by atoms with Gasteiger partial charge in [0.2, 0.25) is 0 Å². The Bertz CT molecular complexity index is 439. The zero-order valence-corrected chi connectivity index (χ0v) is 8.29. The summed E-state index contributed by atoms with van der Waals surface area (Å²) in [7, 11) is 0. The van der Waals surface area contributed by atoms with Crippen LogP contribution in [-0.4, -0.2) is 4.98 Å². The van der Waals surface area contributed by atoms with Gasteiger partial charge in [0.1, 0.15) is 0 Å². The molecular formula is C8H5ClF5NO. The van der Waals surface area contributed by atoms with Crippen molar-refractivity contribution in [2.75, 3.05) is 0 Å². The largest absolute Gasteiger partial charge is 0.417 e. The van der Waals surface area contributed by atoms with Crippen molar-refractivity contribution in [3.8, 4) is 0 Å². The molecule has 0 fully saturated rings. The van der Waals surface area contributed by atoms with Crippen molar-refractivity contribution in [3.05, 3.63) is 33.2 Å². The van der Waals surface area contributed by atoms with E-state index in [-0.39, 0.29) is 0 Å². The topological polar surface area (TPSA) is 32.9 Å². The predicted octanol–water partition coefficient (Wildman–Crippen LogP) is 3.07. The fraction of sp³-hybridized carbons (Fsp3) is 0.375. The van der Waals surface area contributed by atoms with E-state index in [2.05, 4.69) is 0 Å². The molecule has 0 aliphatic heterocycles. The lowest BCUT2D eigenvalue weighted by atomic mass is 10.1. The molecule has 0 atom stereocenters. The van der Waals surface area contributed by atoms with Crippen molar-refractivity contribution in [1.29, 1.82) is 0 Å². The number of halogens is 6. The summed E-state index contributed by atoms with van der Waals surface area (Å²) in [6, 6.07) is 0. The molecule has 0 aliphatic rings. The van der Waals surface area contributed by atoms with Gasteiger partial charge in [-0.1, -0.05) is 0 Å². The number of nitrogens with one attached hydrogen (secondary N) is 1. The molecule has 0 spiro atoms. The molecule has 0 aromatic carbocycles. The van der Waals surface area contributed by atoms with Gasteiger partial charge in [-0.15, -0.1) is 11.6 Å². The van der Waals surface area contributed by atoms with E-state index in [1.54, 1.807) is 4.98 Å². The van der Waals surface area contributed by atoms with E-state index in [0.717, 1.165) is 0 Å². The lowest BCUT2D eigenvalue weighted by Crippen LogP contribution is -2.23.